The highest BCUT2D eigenvalue weighted by Crippen LogP contribution is 2.15. The second-order valence-corrected chi connectivity index (χ2v) is 5.10. The van der Waals surface area contributed by atoms with Gasteiger partial charge in [-0.3, -0.25) is 4.18 Å². The van der Waals surface area contributed by atoms with E-state index in [0.29, 0.717) is 0 Å². The van der Waals surface area contributed by atoms with Gasteiger partial charge in [0.05, 0.1) is 6.26 Å². The van der Waals surface area contributed by atoms with Crippen LogP contribution in [-0.4, -0.2) is 27.4 Å². The minimum absolute atomic E-state index is 0.0852. The van der Waals surface area contributed by atoms with E-state index in [1.165, 1.54) is 13.0 Å². The summed E-state index contributed by atoms with van der Waals surface area (Å²) < 4.78 is 56.6. The summed E-state index contributed by atoms with van der Waals surface area (Å²) in [7, 11) is -3.56. The first kappa shape index (κ1) is 13.9. The maximum Gasteiger partial charge on any atom is 0.264 e. The van der Waals surface area contributed by atoms with Gasteiger partial charge in [-0.05, 0) is 19.1 Å². The Hall–Kier alpha value is -1.21. The maximum atomic E-state index is 12.8. The summed E-state index contributed by atoms with van der Waals surface area (Å²) in [5, 5.41) is 0. The van der Waals surface area contributed by atoms with Gasteiger partial charge >= 0.3 is 0 Å². The van der Waals surface area contributed by atoms with Crippen molar-refractivity contribution in [2.24, 2.45) is 0 Å². The van der Waals surface area contributed by atoms with Crippen molar-refractivity contribution in [3.8, 4) is 5.75 Å². The van der Waals surface area contributed by atoms with E-state index in [9.17, 15) is 17.2 Å². The Morgan fingerprint density at radius 1 is 1.29 bits per heavy atom. The second kappa shape index (κ2) is 5.42. The monoisotopic (exact) mass is 266 g/mol. The van der Waals surface area contributed by atoms with Gasteiger partial charge in [0, 0.05) is 6.07 Å². The third kappa shape index (κ3) is 5.10. The van der Waals surface area contributed by atoms with Gasteiger partial charge in [0.2, 0.25) is 0 Å². The molecule has 96 valence electrons. The summed E-state index contributed by atoms with van der Waals surface area (Å²) in [6.07, 6.45) is 0.208. The molecule has 0 aliphatic rings. The van der Waals surface area contributed by atoms with Crippen molar-refractivity contribution in [1.82, 2.24) is 0 Å². The zero-order valence-corrected chi connectivity index (χ0v) is 10.1. The Kier molecular flexibility index (Phi) is 4.41. The van der Waals surface area contributed by atoms with Crippen LogP contribution in [0.3, 0.4) is 0 Å². The van der Waals surface area contributed by atoms with Crippen LogP contribution in [0.2, 0.25) is 0 Å². The van der Waals surface area contributed by atoms with E-state index < -0.39 is 27.9 Å². The van der Waals surface area contributed by atoms with Crippen LogP contribution in [0, 0.1) is 11.6 Å². The zero-order chi connectivity index (χ0) is 13.1. The fraction of sp³-hybridized carbons (Fsp3) is 0.400. The molecule has 0 saturated heterocycles. The van der Waals surface area contributed by atoms with Crippen LogP contribution >= 0.6 is 0 Å². The number of halogens is 2. The van der Waals surface area contributed by atoms with Crippen molar-refractivity contribution >= 4 is 10.1 Å². The van der Waals surface area contributed by atoms with Gasteiger partial charge in [-0.2, -0.15) is 8.42 Å². The van der Waals surface area contributed by atoms with Crippen LogP contribution in [0.25, 0.3) is 0 Å². The number of hydrogen-bond donors (Lipinski definition) is 0. The number of rotatable bonds is 5. The van der Waals surface area contributed by atoms with Gasteiger partial charge in [-0.1, -0.05) is 0 Å². The van der Waals surface area contributed by atoms with Crippen molar-refractivity contribution in [3.05, 3.63) is 29.8 Å². The molecule has 0 aliphatic heterocycles. The lowest BCUT2D eigenvalue weighted by atomic mass is 10.3. The molecule has 1 atom stereocenters. The predicted molar refractivity (Wildman–Crippen MR) is 57.2 cm³/mol. The van der Waals surface area contributed by atoms with Crippen molar-refractivity contribution < 1.29 is 26.1 Å². The van der Waals surface area contributed by atoms with Crippen molar-refractivity contribution in [2.45, 2.75) is 13.0 Å². The molecule has 0 amide bonds. The van der Waals surface area contributed by atoms with Crippen molar-refractivity contribution in [3.63, 3.8) is 0 Å². The van der Waals surface area contributed by atoms with Crippen LogP contribution in [-0.2, 0) is 14.3 Å². The molecule has 0 saturated carbocycles. The molecule has 0 unspecified atom stereocenters. The second-order valence-electron chi connectivity index (χ2n) is 3.50. The molecule has 4 nitrogen and oxygen atoms in total. The lowest BCUT2D eigenvalue weighted by Gasteiger charge is -2.12. The van der Waals surface area contributed by atoms with Crippen LogP contribution in [0.5, 0.6) is 5.75 Å². The molecule has 0 radical (unpaired) electrons. The lowest BCUT2D eigenvalue weighted by molar-refractivity contribution is 0.149. The molecule has 0 fully saturated rings. The Labute approximate surface area is 98.3 Å². The van der Waals surface area contributed by atoms with E-state index in [1.54, 1.807) is 0 Å². The summed E-state index contributed by atoms with van der Waals surface area (Å²) in [6.45, 7) is 1.40. The highest BCUT2D eigenvalue weighted by Gasteiger charge is 2.11. The quantitative estimate of drug-likeness (QED) is 0.761. The number of benzene rings is 1. The Morgan fingerprint density at radius 2 is 1.94 bits per heavy atom. The average molecular weight is 266 g/mol. The molecule has 0 heterocycles. The van der Waals surface area contributed by atoms with E-state index in [1.807, 2.05) is 0 Å². The van der Waals surface area contributed by atoms with Gasteiger partial charge in [0.15, 0.2) is 11.6 Å². The Bertz CT molecular complexity index is 487. The molecular formula is C10H12F2O4S. The van der Waals surface area contributed by atoms with E-state index in [-0.39, 0.29) is 12.4 Å². The molecule has 1 aromatic rings. The molecule has 0 aromatic heterocycles. The minimum Gasteiger partial charge on any atom is -0.491 e. The topological polar surface area (TPSA) is 52.6 Å². The minimum atomic E-state index is -3.56. The predicted octanol–water partition coefficient (Wildman–Crippen LogP) is 1.71. The van der Waals surface area contributed by atoms with E-state index in [4.69, 9.17) is 4.74 Å². The fourth-order valence-electron chi connectivity index (χ4n) is 1.11. The van der Waals surface area contributed by atoms with Crippen molar-refractivity contribution in [1.29, 1.82) is 0 Å². The molecule has 0 spiro atoms. The first-order valence-corrected chi connectivity index (χ1v) is 6.55. The first-order valence-electron chi connectivity index (χ1n) is 4.74. The van der Waals surface area contributed by atoms with Crippen LogP contribution in [0.1, 0.15) is 6.92 Å². The van der Waals surface area contributed by atoms with Crippen LogP contribution < -0.4 is 4.74 Å². The van der Waals surface area contributed by atoms with Crippen LogP contribution in [0.4, 0.5) is 8.78 Å². The third-order valence-corrected chi connectivity index (χ3v) is 2.39. The van der Waals surface area contributed by atoms with Crippen LogP contribution in [0.15, 0.2) is 18.2 Å². The summed E-state index contributed by atoms with van der Waals surface area (Å²) in [6, 6.07) is 3.04. The fourth-order valence-corrected chi connectivity index (χ4v) is 1.76. The molecule has 7 heteroatoms. The summed E-state index contributed by atoms with van der Waals surface area (Å²) in [5.41, 5.74) is 0. The van der Waals surface area contributed by atoms with Gasteiger partial charge in [-0.25, -0.2) is 8.78 Å². The molecule has 1 rings (SSSR count). The Balaban J connectivity index is 2.53. The van der Waals surface area contributed by atoms with E-state index >= 15 is 0 Å². The highest BCUT2D eigenvalue weighted by atomic mass is 32.2. The largest absolute Gasteiger partial charge is 0.491 e. The summed E-state index contributed by atoms with van der Waals surface area (Å²) >= 11 is 0. The molecule has 17 heavy (non-hydrogen) atoms. The lowest BCUT2D eigenvalue weighted by Crippen LogP contribution is -2.21. The molecular weight excluding hydrogens is 254 g/mol. The smallest absolute Gasteiger partial charge is 0.264 e. The SMILES string of the molecule is C[C@H](COc1ccc(F)c(F)c1)OS(C)(=O)=O. The molecule has 0 aliphatic carbocycles. The maximum absolute atomic E-state index is 12.8. The third-order valence-electron chi connectivity index (χ3n) is 1.71. The van der Waals surface area contributed by atoms with E-state index in [0.717, 1.165) is 18.4 Å². The first-order chi connectivity index (χ1) is 7.78. The van der Waals surface area contributed by atoms with Gasteiger partial charge in [0.25, 0.3) is 10.1 Å². The molecule has 1 aromatic carbocycles. The normalized spacial score (nSPS) is 13.4. The Morgan fingerprint density at radius 3 is 2.47 bits per heavy atom. The van der Waals surface area contributed by atoms with Crippen molar-refractivity contribution in [2.75, 3.05) is 12.9 Å². The number of hydrogen-bond acceptors (Lipinski definition) is 4. The summed E-state index contributed by atoms with van der Waals surface area (Å²) in [4.78, 5) is 0. The van der Waals surface area contributed by atoms with E-state index in [2.05, 4.69) is 4.18 Å². The average Bonchev–Trinajstić information content (AvgIpc) is 2.17. The molecule has 0 N–H and O–H groups in total. The zero-order valence-electron chi connectivity index (χ0n) is 9.31. The molecule has 0 bridgehead atoms. The number of ether oxygens (including phenoxy) is 1. The highest BCUT2D eigenvalue weighted by molar-refractivity contribution is 7.86. The van der Waals surface area contributed by atoms with Gasteiger partial charge in [-0.15, -0.1) is 0 Å². The standard InChI is InChI=1S/C10H12F2O4S/c1-7(16-17(2,13)14)6-15-8-3-4-9(11)10(12)5-8/h3-5,7H,6H2,1-2H3/t7-/m1/s1. The van der Waals surface area contributed by atoms with Gasteiger partial charge in [0.1, 0.15) is 18.5 Å². The summed E-state index contributed by atoms with van der Waals surface area (Å²) in [5.74, 6) is -1.90. The van der Waals surface area contributed by atoms with Gasteiger partial charge < -0.3 is 4.74 Å².